The van der Waals surface area contributed by atoms with Gasteiger partial charge in [-0.25, -0.2) is 0 Å². The lowest BCUT2D eigenvalue weighted by molar-refractivity contribution is -0.251. The van der Waals surface area contributed by atoms with Gasteiger partial charge < -0.3 is 43.6 Å². The van der Waals surface area contributed by atoms with Gasteiger partial charge >= 0.3 is 23.9 Å². The number of benzene rings is 2. The van der Waals surface area contributed by atoms with Crippen molar-refractivity contribution >= 4 is 64.2 Å². The number of hydrogen-bond donors (Lipinski definition) is 2. The maximum atomic E-state index is 12.2. The first-order valence-electron chi connectivity index (χ1n) is 17.9. The summed E-state index contributed by atoms with van der Waals surface area (Å²) in [6.07, 6.45) is -6.11. The molecule has 0 bridgehead atoms. The predicted molar refractivity (Wildman–Crippen MR) is 206 cm³/mol. The van der Waals surface area contributed by atoms with Crippen molar-refractivity contribution < 1.29 is 57.4 Å². The molecule has 8 atom stereocenters. The molecule has 302 valence electrons. The maximum absolute atomic E-state index is 12.2. The topological polar surface area (TPSA) is 191 Å². The van der Waals surface area contributed by atoms with E-state index in [4.69, 9.17) is 45.4 Å². The van der Waals surface area contributed by atoms with E-state index in [1.54, 1.807) is 11.8 Å². The first-order valence-corrected chi connectivity index (χ1v) is 20.1. The number of aliphatic hydroxyl groups excluding tert-OH is 1. The van der Waals surface area contributed by atoms with Gasteiger partial charge in [-0.05, 0) is 23.6 Å². The van der Waals surface area contributed by atoms with Crippen molar-refractivity contribution in [3.63, 3.8) is 0 Å². The highest BCUT2D eigenvalue weighted by molar-refractivity contribution is 8.01. The summed E-state index contributed by atoms with van der Waals surface area (Å²) in [6, 6.07) is 15.4. The van der Waals surface area contributed by atoms with E-state index >= 15 is 0 Å². The lowest BCUT2D eigenvalue weighted by atomic mass is 9.92. The molecule has 0 amide bonds. The molecule has 2 fully saturated rings. The minimum atomic E-state index is -1.27. The largest absolute Gasteiger partial charge is 0.463 e. The van der Waals surface area contributed by atoms with Crippen LogP contribution in [-0.4, -0.2) is 93.2 Å². The van der Waals surface area contributed by atoms with Crippen molar-refractivity contribution in [1.29, 1.82) is 0 Å². The molecule has 0 radical (unpaired) electrons. The van der Waals surface area contributed by atoms with Crippen LogP contribution < -0.4 is 5.32 Å². The first kappa shape index (κ1) is 43.1. The van der Waals surface area contributed by atoms with Crippen LogP contribution in [0.25, 0.3) is 0 Å². The van der Waals surface area contributed by atoms with Crippen LogP contribution in [0.3, 0.4) is 0 Å². The monoisotopic (exact) mass is 831 g/mol. The molecule has 2 N–H and O–H groups in total. The van der Waals surface area contributed by atoms with Crippen LogP contribution in [0.15, 0.2) is 52.9 Å². The number of nitrogens with zero attached hydrogens (tertiary/aromatic N) is 2. The van der Waals surface area contributed by atoms with Crippen molar-refractivity contribution in [2.24, 2.45) is 0 Å². The number of ether oxygens (including phenoxy) is 7. The van der Waals surface area contributed by atoms with Crippen molar-refractivity contribution in [2.75, 3.05) is 12.4 Å². The van der Waals surface area contributed by atoms with E-state index in [9.17, 15) is 24.3 Å². The molecule has 2 aliphatic rings. The smallest absolute Gasteiger partial charge is 0.303 e. The third-order valence-corrected chi connectivity index (χ3v) is 11.1. The Morgan fingerprint density at radius 2 is 1.43 bits per heavy atom. The molecule has 8 unspecified atom stereocenters. The number of nitrogens with one attached hydrogen (secondary N) is 1. The van der Waals surface area contributed by atoms with Gasteiger partial charge in [-0.15, -0.1) is 10.2 Å². The van der Waals surface area contributed by atoms with Crippen LogP contribution in [0.5, 0.6) is 0 Å². The summed E-state index contributed by atoms with van der Waals surface area (Å²) in [7, 11) is 0. The van der Waals surface area contributed by atoms with Crippen LogP contribution >= 0.6 is 35.3 Å². The Labute approximate surface area is 338 Å². The van der Waals surface area contributed by atoms with E-state index in [1.807, 2.05) is 55.5 Å². The van der Waals surface area contributed by atoms with Gasteiger partial charge in [-0.2, -0.15) is 0 Å². The number of esters is 4. The number of hydrogen-bond acceptors (Lipinski definition) is 17. The molecule has 18 heteroatoms. The number of aromatic nitrogens is 2. The molecule has 0 aliphatic carbocycles. The van der Waals surface area contributed by atoms with E-state index in [0.717, 1.165) is 38.5 Å². The van der Waals surface area contributed by atoms with Crippen LogP contribution in [0.4, 0.5) is 0 Å². The molecule has 2 saturated heterocycles. The lowest BCUT2D eigenvalue weighted by Gasteiger charge is -2.44. The van der Waals surface area contributed by atoms with Crippen molar-refractivity contribution in [2.45, 2.75) is 114 Å². The average molecular weight is 832 g/mol. The molecule has 2 aliphatic heterocycles. The lowest BCUT2D eigenvalue weighted by Crippen LogP contribution is -2.62. The zero-order valence-corrected chi connectivity index (χ0v) is 34.0. The second-order valence-corrected chi connectivity index (χ2v) is 16.1. The normalized spacial score (nSPS) is 24.8. The van der Waals surface area contributed by atoms with E-state index < -0.39 is 60.7 Å². The second kappa shape index (κ2) is 20.4. The van der Waals surface area contributed by atoms with Crippen LogP contribution in [0.1, 0.15) is 80.2 Å². The highest BCUT2D eigenvalue weighted by Gasteiger charge is 2.52. The summed E-state index contributed by atoms with van der Waals surface area (Å²) in [6.45, 7) is 6.62. The number of carbonyl (C=O) groups is 4. The summed E-state index contributed by atoms with van der Waals surface area (Å²) < 4.78 is 41.7. The minimum Gasteiger partial charge on any atom is -0.463 e. The maximum Gasteiger partial charge on any atom is 0.303 e. The Hall–Kier alpha value is -4.04. The molecule has 0 spiro atoms. The summed E-state index contributed by atoms with van der Waals surface area (Å²) in [5.74, 6) is -2.05. The molecule has 56 heavy (non-hydrogen) atoms. The quantitative estimate of drug-likeness (QED) is 0.0934. The third kappa shape index (κ3) is 12.5. The van der Waals surface area contributed by atoms with E-state index in [1.165, 1.54) is 32.1 Å². The molecule has 1 aromatic heterocycles. The van der Waals surface area contributed by atoms with Gasteiger partial charge in [-0.3, -0.25) is 19.2 Å². The van der Waals surface area contributed by atoms with Gasteiger partial charge in [0.25, 0.3) is 0 Å². The number of carbonyl (C=O) groups excluding carboxylic acids is 4. The summed E-state index contributed by atoms with van der Waals surface area (Å²) in [4.78, 5) is 48.4. The fourth-order valence-corrected chi connectivity index (χ4v) is 8.35. The third-order valence-electron chi connectivity index (χ3n) is 8.73. The number of thioether (sulfide) groups is 1. The molecular formula is C38H45N3O12S3. The number of aliphatic hydroxyl groups is 1. The molecule has 0 saturated carbocycles. The van der Waals surface area contributed by atoms with Crippen molar-refractivity contribution in [3.8, 4) is 0 Å². The second-order valence-electron chi connectivity index (χ2n) is 13.2. The van der Waals surface area contributed by atoms with Crippen molar-refractivity contribution in [1.82, 2.24) is 15.5 Å². The van der Waals surface area contributed by atoms with E-state index in [0.29, 0.717) is 23.7 Å². The molecule has 3 aromatic rings. The first-order chi connectivity index (χ1) is 26.8. The standard InChI is InChI=1S/C38H45N3O12S3/c1-20-40-41-38(56-20)55-19-29-14-30(27-10-8-26(17-42)9-11-27)53-37(51-29)28-12-6-25(7-13-28)16-39-33(54)15-31-34(48-22(3)44)36(50-24(5)46)35(49-23(4)45)32(52-31)18-47-21(2)43/h6-13,29-32,34-37,42H,14-19H2,1-5H3,(H,39,54). The van der Waals surface area contributed by atoms with Gasteiger partial charge in [0.1, 0.15) is 23.8 Å². The van der Waals surface area contributed by atoms with Crippen LogP contribution in [-0.2, 0) is 65.5 Å². The Bertz CT molecular complexity index is 1830. The molecular weight excluding hydrogens is 787 g/mol. The zero-order chi connectivity index (χ0) is 40.4. The van der Waals surface area contributed by atoms with Gasteiger partial charge in [0, 0.05) is 58.4 Å². The Morgan fingerprint density at radius 3 is 2.02 bits per heavy atom. The van der Waals surface area contributed by atoms with E-state index in [-0.39, 0.29) is 31.8 Å². The Balaban J connectivity index is 1.26. The Morgan fingerprint density at radius 1 is 0.821 bits per heavy atom. The SMILES string of the molecule is CC(=O)OCC1OC(CC(=S)NCc2ccc(C3OC(CSc4nnc(C)s4)CC(c4ccc(CO)cc4)O3)cc2)C(OC(C)=O)C(OC(C)=O)C1OC(C)=O. The number of rotatable bonds is 15. The molecule has 3 heterocycles. The number of aryl methyl sites for hydroxylation is 1. The Kier molecular flexibility index (Phi) is 15.7. The predicted octanol–water partition coefficient (Wildman–Crippen LogP) is 4.61. The van der Waals surface area contributed by atoms with Crippen LogP contribution in [0, 0.1) is 6.92 Å². The average Bonchev–Trinajstić information content (AvgIpc) is 3.59. The summed E-state index contributed by atoms with van der Waals surface area (Å²) >= 11 is 8.81. The molecule has 15 nitrogen and oxygen atoms in total. The zero-order valence-electron chi connectivity index (χ0n) is 31.5. The van der Waals surface area contributed by atoms with Gasteiger partial charge in [0.2, 0.25) is 0 Å². The minimum absolute atomic E-state index is 0.0208. The fraction of sp³-hybridized carbons (Fsp3) is 0.500. The van der Waals surface area contributed by atoms with Gasteiger partial charge in [0.05, 0.1) is 23.8 Å². The van der Waals surface area contributed by atoms with E-state index in [2.05, 4.69) is 15.5 Å². The van der Waals surface area contributed by atoms with Crippen molar-refractivity contribution in [3.05, 3.63) is 75.8 Å². The van der Waals surface area contributed by atoms with Gasteiger partial charge in [0.15, 0.2) is 28.9 Å². The summed E-state index contributed by atoms with van der Waals surface area (Å²) in [5, 5.41) is 22.0. The number of thiocarbonyl (C=S) groups is 1. The molecule has 5 rings (SSSR count). The summed E-state index contributed by atoms with van der Waals surface area (Å²) in [5.41, 5.74) is 3.52. The molecule has 2 aromatic carbocycles. The highest BCUT2D eigenvalue weighted by atomic mass is 32.2. The fourth-order valence-electron chi connectivity index (χ4n) is 6.25. The highest BCUT2D eigenvalue weighted by Crippen LogP contribution is 2.40. The van der Waals surface area contributed by atoms with Gasteiger partial charge in [-0.1, -0.05) is 83.8 Å². The van der Waals surface area contributed by atoms with Crippen LogP contribution in [0.2, 0.25) is 0 Å².